The van der Waals surface area contributed by atoms with Crippen molar-refractivity contribution in [2.24, 2.45) is 5.92 Å². The lowest BCUT2D eigenvalue weighted by Crippen LogP contribution is -2.56. The molecule has 0 spiro atoms. The molecule has 3 fully saturated rings. The average molecular weight is 325 g/mol. The van der Waals surface area contributed by atoms with Gasteiger partial charge in [-0.3, -0.25) is 5.10 Å². The molecule has 0 radical (unpaired) electrons. The normalized spacial score (nSPS) is 30.7. The van der Waals surface area contributed by atoms with Gasteiger partial charge in [0, 0.05) is 25.1 Å². The van der Waals surface area contributed by atoms with Gasteiger partial charge >= 0.3 is 0 Å². The highest BCUT2D eigenvalue weighted by Crippen LogP contribution is 2.41. The minimum Gasteiger partial charge on any atom is -0.381 e. The van der Waals surface area contributed by atoms with Crippen LogP contribution in [0.4, 0.5) is 0 Å². The lowest BCUT2D eigenvalue weighted by molar-refractivity contribution is 0.00228. The van der Waals surface area contributed by atoms with Gasteiger partial charge in [-0.1, -0.05) is 6.42 Å². The SMILES string of the molecule is O=S(=O)(c1cn[nH]c1C1CCC1)N1CCC1C1CCCOC1. The van der Waals surface area contributed by atoms with Gasteiger partial charge in [0.25, 0.3) is 0 Å². The van der Waals surface area contributed by atoms with Crippen LogP contribution in [0.25, 0.3) is 0 Å². The third-order valence-corrected chi connectivity index (χ3v) is 7.44. The van der Waals surface area contributed by atoms with Crippen LogP contribution in [0.5, 0.6) is 0 Å². The molecule has 1 aliphatic carbocycles. The number of aromatic amines is 1. The molecule has 2 saturated heterocycles. The molecule has 6 nitrogen and oxygen atoms in total. The summed E-state index contributed by atoms with van der Waals surface area (Å²) in [7, 11) is -3.43. The third kappa shape index (κ3) is 2.30. The number of rotatable bonds is 4. The van der Waals surface area contributed by atoms with Gasteiger partial charge in [-0.25, -0.2) is 8.42 Å². The molecule has 2 aliphatic heterocycles. The minimum absolute atomic E-state index is 0.106. The number of nitrogens with one attached hydrogen (secondary N) is 1. The highest BCUT2D eigenvalue weighted by Gasteiger charge is 2.44. The molecule has 1 aromatic heterocycles. The highest BCUT2D eigenvalue weighted by atomic mass is 32.2. The Kier molecular flexibility index (Phi) is 3.74. The Bertz CT molecular complexity index is 632. The van der Waals surface area contributed by atoms with Crippen LogP contribution in [-0.2, 0) is 14.8 Å². The van der Waals surface area contributed by atoms with Crippen molar-refractivity contribution in [3.63, 3.8) is 0 Å². The van der Waals surface area contributed by atoms with Crippen LogP contribution >= 0.6 is 0 Å². The van der Waals surface area contributed by atoms with Crippen molar-refractivity contribution in [1.29, 1.82) is 0 Å². The van der Waals surface area contributed by atoms with Crippen molar-refractivity contribution in [1.82, 2.24) is 14.5 Å². The molecule has 4 rings (SSSR count). The monoisotopic (exact) mass is 325 g/mol. The van der Waals surface area contributed by atoms with Gasteiger partial charge in [-0.15, -0.1) is 0 Å². The Morgan fingerprint density at radius 3 is 2.68 bits per heavy atom. The van der Waals surface area contributed by atoms with Gasteiger partial charge in [-0.2, -0.15) is 9.40 Å². The summed E-state index contributed by atoms with van der Waals surface area (Å²) < 4.78 is 33.3. The Morgan fingerprint density at radius 2 is 2.09 bits per heavy atom. The lowest BCUT2D eigenvalue weighted by atomic mass is 9.83. The molecule has 0 bridgehead atoms. The second-order valence-electron chi connectivity index (χ2n) is 6.72. The topological polar surface area (TPSA) is 75.3 Å². The van der Waals surface area contributed by atoms with E-state index < -0.39 is 10.0 Å². The van der Waals surface area contributed by atoms with E-state index in [1.807, 2.05) is 0 Å². The number of hydrogen-bond donors (Lipinski definition) is 1. The Morgan fingerprint density at radius 1 is 1.23 bits per heavy atom. The number of ether oxygens (including phenoxy) is 1. The fraction of sp³-hybridized carbons (Fsp3) is 0.800. The smallest absolute Gasteiger partial charge is 0.246 e. The van der Waals surface area contributed by atoms with Crippen molar-refractivity contribution in [3.05, 3.63) is 11.9 Å². The molecule has 0 aromatic carbocycles. The van der Waals surface area contributed by atoms with Crippen molar-refractivity contribution >= 4 is 10.0 Å². The van der Waals surface area contributed by atoms with Crippen LogP contribution in [0, 0.1) is 5.92 Å². The van der Waals surface area contributed by atoms with Crippen molar-refractivity contribution in [3.8, 4) is 0 Å². The molecule has 3 aliphatic rings. The number of nitrogens with zero attached hydrogens (tertiary/aromatic N) is 2. The summed E-state index contributed by atoms with van der Waals surface area (Å²) in [5, 5.41) is 6.94. The van der Waals surface area contributed by atoms with E-state index in [-0.39, 0.29) is 6.04 Å². The number of hydrogen-bond acceptors (Lipinski definition) is 4. The first-order valence-corrected chi connectivity index (χ1v) is 9.75. The van der Waals surface area contributed by atoms with Gasteiger partial charge in [0.05, 0.1) is 18.5 Å². The van der Waals surface area contributed by atoms with Gasteiger partial charge in [-0.05, 0) is 38.0 Å². The van der Waals surface area contributed by atoms with Crippen LogP contribution < -0.4 is 0 Å². The first kappa shape index (κ1) is 14.7. The maximum atomic E-state index is 13.0. The van der Waals surface area contributed by atoms with Crippen LogP contribution in [0.1, 0.15) is 50.1 Å². The molecular formula is C15H23N3O3S. The second kappa shape index (κ2) is 5.62. The summed E-state index contributed by atoms with van der Waals surface area (Å²) in [5.41, 5.74) is 0.816. The summed E-state index contributed by atoms with van der Waals surface area (Å²) in [5.74, 6) is 0.682. The molecule has 1 aromatic rings. The predicted molar refractivity (Wildman–Crippen MR) is 81.0 cm³/mol. The predicted octanol–water partition coefficient (Wildman–Crippen LogP) is 1.87. The first-order chi connectivity index (χ1) is 10.7. The molecular weight excluding hydrogens is 302 g/mol. The van der Waals surface area contributed by atoms with E-state index in [2.05, 4.69) is 10.2 Å². The Hall–Kier alpha value is -0.920. The summed E-state index contributed by atoms with van der Waals surface area (Å²) in [4.78, 5) is 0.402. The fourth-order valence-corrected chi connectivity index (χ4v) is 5.74. The van der Waals surface area contributed by atoms with Gasteiger partial charge in [0.2, 0.25) is 10.0 Å². The van der Waals surface area contributed by atoms with Crippen molar-refractivity contribution in [2.75, 3.05) is 19.8 Å². The second-order valence-corrected chi connectivity index (χ2v) is 8.58. The highest BCUT2D eigenvalue weighted by molar-refractivity contribution is 7.89. The molecule has 3 heterocycles. The molecule has 1 N–H and O–H groups in total. The van der Waals surface area contributed by atoms with Crippen LogP contribution in [0.2, 0.25) is 0 Å². The van der Waals surface area contributed by atoms with Gasteiger partial charge in [0.1, 0.15) is 4.90 Å². The van der Waals surface area contributed by atoms with Crippen molar-refractivity contribution in [2.45, 2.75) is 55.4 Å². The van der Waals surface area contributed by atoms with Crippen LogP contribution in [0.3, 0.4) is 0 Å². The summed E-state index contributed by atoms with van der Waals surface area (Å²) in [6.45, 7) is 2.12. The molecule has 0 amide bonds. The quantitative estimate of drug-likeness (QED) is 0.917. The molecule has 1 saturated carbocycles. The summed E-state index contributed by atoms with van der Waals surface area (Å²) in [6, 6.07) is 0.106. The van der Waals surface area contributed by atoms with E-state index in [0.29, 0.717) is 29.9 Å². The number of sulfonamides is 1. The van der Waals surface area contributed by atoms with E-state index in [1.165, 1.54) is 12.6 Å². The number of aromatic nitrogens is 2. The zero-order valence-electron chi connectivity index (χ0n) is 12.7. The molecule has 122 valence electrons. The van der Waals surface area contributed by atoms with Gasteiger partial charge in [0.15, 0.2) is 0 Å². The summed E-state index contributed by atoms with van der Waals surface area (Å²) >= 11 is 0. The molecule has 2 unspecified atom stereocenters. The number of H-pyrrole nitrogens is 1. The molecule has 7 heteroatoms. The standard InChI is InChI=1S/C15H23N3O3S/c19-22(20,14-9-16-17-15(14)11-3-1-4-11)18-7-6-13(18)12-5-2-8-21-10-12/h9,11-13H,1-8,10H2,(H,16,17). The summed E-state index contributed by atoms with van der Waals surface area (Å²) in [6.07, 6.45) is 7.84. The van der Waals surface area contributed by atoms with E-state index >= 15 is 0 Å². The zero-order valence-corrected chi connectivity index (χ0v) is 13.5. The largest absolute Gasteiger partial charge is 0.381 e. The lowest BCUT2D eigenvalue weighted by Gasteiger charge is -2.45. The fourth-order valence-electron chi connectivity index (χ4n) is 3.83. The van der Waals surface area contributed by atoms with Gasteiger partial charge < -0.3 is 4.74 Å². The average Bonchev–Trinajstić information content (AvgIpc) is 2.86. The van der Waals surface area contributed by atoms with Crippen LogP contribution in [0.15, 0.2) is 11.1 Å². The maximum absolute atomic E-state index is 13.0. The minimum atomic E-state index is -3.43. The Labute approximate surface area is 131 Å². The van der Waals surface area contributed by atoms with E-state index in [9.17, 15) is 8.42 Å². The first-order valence-electron chi connectivity index (χ1n) is 8.31. The van der Waals surface area contributed by atoms with Crippen molar-refractivity contribution < 1.29 is 13.2 Å². The Balaban J connectivity index is 1.57. The van der Waals surface area contributed by atoms with Crippen LogP contribution in [-0.4, -0.2) is 48.7 Å². The molecule has 2 atom stereocenters. The molecule has 22 heavy (non-hydrogen) atoms. The van der Waals surface area contributed by atoms with E-state index in [1.54, 1.807) is 4.31 Å². The zero-order chi connectivity index (χ0) is 15.2. The van der Waals surface area contributed by atoms with E-state index in [4.69, 9.17) is 4.74 Å². The third-order valence-electron chi connectivity index (χ3n) is 5.49. The maximum Gasteiger partial charge on any atom is 0.246 e. The van der Waals surface area contributed by atoms with E-state index in [0.717, 1.165) is 44.4 Å².